The van der Waals surface area contributed by atoms with Crippen molar-refractivity contribution in [1.82, 2.24) is 15.1 Å². The minimum absolute atomic E-state index is 0.225. The number of rotatable bonds is 1. The monoisotopic (exact) mass is 244 g/mol. The van der Waals surface area contributed by atoms with Crippen LogP contribution in [0.3, 0.4) is 0 Å². The molecule has 0 saturated carbocycles. The second-order valence-corrected chi connectivity index (χ2v) is 4.39. The van der Waals surface area contributed by atoms with Crippen molar-refractivity contribution in [3.05, 3.63) is 24.4 Å². The van der Waals surface area contributed by atoms with Gasteiger partial charge in [0, 0.05) is 23.7 Å². The van der Waals surface area contributed by atoms with E-state index in [9.17, 15) is 9.59 Å². The third kappa shape index (κ3) is 1.71. The lowest BCUT2D eigenvalue weighted by molar-refractivity contribution is -0.135. The van der Waals surface area contributed by atoms with Gasteiger partial charge in [0.05, 0.1) is 5.52 Å². The maximum Gasteiger partial charge on any atom is 0.251 e. The van der Waals surface area contributed by atoms with Gasteiger partial charge in [-0.2, -0.15) is 5.10 Å². The molecule has 6 heteroatoms. The molecule has 1 aromatic heterocycles. The molecule has 6 nitrogen and oxygen atoms in total. The third-order valence-corrected chi connectivity index (χ3v) is 3.08. The second-order valence-electron chi connectivity index (χ2n) is 4.39. The first kappa shape index (κ1) is 10.8. The molecule has 1 aromatic carbocycles. The van der Waals surface area contributed by atoms with Gasteiger partial charge >= 0.3 is 0 Å². The Morgan fingerprint density at radius 2 is 2.22 bits per heavy atom. The molecule has 92 valence electrons. The molecule has 0 spiro atoms. The molecule has 0 bridgehead atoms. The summed E-state index contributed by atoms with van der Waals surface area (Å²) in [5, 5.41) is 7.58. The van der Waals surface area contributed by atoms with Gasteiger partial charge in [-0.25, -0.2) is 0 Å². The fourth-order valence-corrected chi connectivity index (χ4v) is 2.15. The summed E-state index contributed by atoms with van der Waals surface area (Å²) in [5.74, 6) is -0.524. The van der Waals surface area contributed by atoms with Crippen LogP contribution < -0.4 is 11.1 Å². The number of hydrogen-bond donors (Lipinski definition) is 2. The average molecular weight is 244 g/mol. The van der Waals surface area contributed by atoms with Gasteiger partial charge in [0.1, 0.15) is 6.04 Å². The van der Waals surface area contributed by atoms with E-state index >= 15 is 0 Å². The summed E-state index contributed by atoms with van der Waals surface area (Å²) in [6, 6.07) is 4.99. The van der Waals surface area contributed by atoms with E-state index in [-0.39, 0.29) is 11.8 Å². The number of imide groups is 1. The lowest BCUT2D eigenvalue weighted by Gasteiger charge is -2.20. The quantitative estimate of drug-likeness (QED) is 0.567. The normalized spacial score (nSPS) is 20.1. The summed E-state index contributed by atoms with van der Waals surface area (Å²) in [6.07, 6.45) is 2.62. The van der Waals surface area contributed by atoms with E-state index in [4.69, 9.17) is 5.73 Å². The van der Waals surface area contributed by atoms with Gasteiger partial charge in [-0.05, 0) is 24.6 Å². The van der Waals surface area contributed by atoms with E-state index in [2.05, 4.69) is 10.4 Å². The van der Waals surface area contributed by atoms with Gasteiger partial charge < -0.3 is 5.73 Å². The number of aromatic nitrogens is 2. The topological polar surface area (TPSA) is 90.0 Å². The summed E-state index contributed by atoms with van der Waals surface area (Å²) in [4.78, 5) is 22.8. The number of hydrogen-bond acceptors (Lipinski definition) is 4. The highest BCUT2D eigenvalue weighted by Crippen LogP contribution is 2.22. The zero-order valence-electron chi connectivity index (χ0n) is 9.59. The first-order valence-corrected chi connectivity index (χ1v) is 5.71. The SMILES string of the molecule is Nc1ccc2cn(C3CCC(=O)NC3=O)nc2c1. The van der Waals surface area contributed by atoms with Crippen LogP contribution in [0.5, 0.6) is 0 Å². The fraction of sp³-hybridized carbons (Fsp3) is 0.250. The van der Waals surface area contributed by atoms with Crippen molar-refractivity contribution in [1.29, 1.82) is 0 Å². The fourth-order valence-electron chi connectivity index (χ4n) is 2.15. The van der Waals surface area contributed by atoms with Crippen molar-refractivity contribution in [3.63, 3.8) is 0 Å². The Kier molecular flexibility index (Phi) is 2.29. The lowest BCUT2D eigenvalue weighted by Crippen LogP contribution is -2.41. The third-order valence-electron chi connectivity index (χ3n) is 3.08. The van der Waals surface area contributed by atoms with Crippen molar-refractivity contribution < 1.29 is 9.59 Å². The number of nitrogen functional groups attached to an aromatic ring is 1. The summed E-state index contributed by atoms with van der Waals surface area (Å²) >= 11 is 0. The number of piperidine rings is 1. The molecule has 2 heterocycles. The Bertz CT molecular complexity index is 647. The van der Waals surface area contributed by atoms with Crippen LogP contribution in [0.1, 0.15) is 18.9 Å². The van der Waals surface area contributed by atoms with Crippen LogP contribution in [0.4, 0.5) is 5.69 Å². The van der Waals surface area contributed by atoms with Crippen LogP contribution in [0, 0.1) is 0 Å². The number of nitrogens with one attached hydrogen (secondary N) is 1. The van der Waals surface area contributed by atoms with Crippen LogP contribution in [0.25, 0.3) is 10.9 Å². The molecule has 3 N–H and O–H groups in total. The minimum atomic E-state index is -0.420. The number of nitrogens with zero attached hydrogens (tertiary/aromatic N) is 2. The number of carbonyl (C=O) groups excluding carboxylic acids is 2. The predicted molar refractivity (Wildman–Crippen MR) is 65.6 cm³/mol. The number of carbonyl (C=O) groups is 2. The van der Waals surface area contributed by atoms with E-state index in [1.54, 1.807) is 23.0 Å². The largest absolute Gasteiger partial charge is 0.399 e. The molecule has 18 heavy (non-hydrogen) atoms. The molecular formula is C12H12N4O2. The smallest absolute Gasteiger partial charge is 0.251 e. The molecule has 1 saturated heterocycles. The Morgan fingerprint density at radius 3 is 3.00 bits per heavy atom. The maximum atomic E-state index is 11.7. The summed E-state index contributed by atoms with van der Waals surface area (Å²) in [5.41, 5.74) is 7.07. The van der Waals surface area contributed by atoms with Crippen LogP contribution in [0.15, 0.2) is 24.4 Å². The molecule has 1 atom stereocenters. The Hall–Kier alpha value is -2.37. The summed E-state index contributed by atoms with van der Waals surface area (Å²) < 4.78 is 1.60. The minimum Gasteiger partial charge on any atom is -0.399 e. The van der Waals surface area contributed by atoms with Crippen molar-refractivity contribution in [2.45, 2.75) is 18.9 Å². The number of amides is 2. The number of anilines is 1. The average Bonchev–Trinajstić information content (AvgIpc) is 2.71. The van der Waals surface area contributed by atoms with Crippen molar-refractivity contribution in [2.24, 2.45) is 0 Å². The summed E-state index contributed by atoms with van der Waals surface area (Å²) in [6.45, 7) is 0. The molecule has 1 unspecified atom stereocenters. The summed E-state index contributed by atoms with van der Waals surface area (Å²) in [7, 11) is 0. The zero-order chi connectivity index (χ0) is 12.7. The Labute approximate surface area is 103 Å². The molecule has 1 aliphatic rings. The standard InChI is InChI=1S/C12H12N4O2/c13-8-2-1-7-6-16(15-9(7)5-8)10-3-4-11(17)14-12(10)18/h1-2,5-6,10H,3-4,13H2,(H,14,17,18). The highest BCUT2D eigenvalue weighted by Gasteiger charge is 2.28. The first-order chi connectivity index (χ1) is 8.63. The van der Waals surface area contributed by atoms with Crippen LogP contribution >= 0.6 is 0 Å². The van der Waals surface area contributed by atoms with Gasteiger partial charge in [0.2, 0.25) is 5.91 Å². The zero-order valence-corrected chi connectivity index (χ0v) is 9.59. The molecule has 0 aliphatic carbocycles. The molecule has 2 aromatic rings. The number of fused-ring (bicyclic) bond motifs is 1. The van der Waals surface area contributed by atoms with Gasteiger partial charge in [0.25, 0.3) is 5.91 Å². The molecule has 1 aliphatic heterocycles. The van der Waals surface area contributed by atoms with Crippen molar-refractivity contribution in [3.8, 4) is 0 Å². The maximum absolute atomic E-state index is 11.7. The number of nitrogens with two attached hydrogens (primary N) is 1. The second kappa shape index (κ2) is 3.83. The molecule has 2 amide bonds. The van der Waals surface area contributed by atoms with Crippen molar-refractivity contribution >= 4 is 28.4 Å². The molecule has 0 radical (unpaired) electrons. The van der Waals surface area contributed by atoms with Crippen LogP contribution in [-0.4, -0.2) is 21.6 Å². The highest BCUT2D eigenvalue weighted by molar-refractivity contribution is 5.99. The van der Waals surface area contributed by atoms with E-state index in [0.717, 1.165) is 10.9 Å². The van der Waals surface area contributed by atoms with Gasteiger partial charge in [-0.3, -0.25) is 19.6 Å². The number of benzene rings is 1. The molecule has 3 rings (SSSR count). The van der Waals surface area contributed by atoms with Crippen molar-refractivity contribution in [2.75, 3.05) is 5.73 Å². The van der Waals surface area contributed by atoms with Gasteiger partial charge in [-0.1, -0.05) is 0 Å². The first-order valence-electron chi connectivity index (χ1n) is 5.71. The lowest BCUT2D eigenvalue weighted by atomic mass is 10.1. The van der Waals surface area contributed by atoms with E-state index < -0.39 is 6.04 Å². The van der Waals surface area contributed by atoms with Crippen LogP contribution in [0.2, 0.25) is 0 Å². The Balaban J connectivity index is 1.99. The van der Waals surface area contributed by atoms with E-state index in [1.165, 1.54) is 0 Å². The Morgan fingerprint density at radius 1 is 1.39 bits per heavy atom. The van der Waals surface area contributed by atoms with Gasteiger partial charge in [0.15, 0.2) is 0 Å². The van der Waals surface area contributed by atoms with Crippen LogP contribution in [-0.2, 0) is 9.59 Å². The molecular weight excluding hydrogens is 232 g/mol. The molecule has 1 fully saturated rings. The van der Waals surface area contributed by atoms with E-state index in [0.29, 0.717) is 18.5 Å². The highest BCUT2D eigenvalue weighted by atomic mass is 16.2. The predicted octanol–water partition coefficient (Wildman–Crippen LogP) is 0.596. The van der Waals surface area contributed by atoms with E-state index in [1.807, 2.05) is 6.07 Å². The van der Waals surface area contributed by atoms with Gasteiger partial charge in [-0.15, -0.1) is 0 Å².